The van der Waals surface area contributed by atoms with Crippen molar-refractivity contribution >= 4 is 75.5 Å². The number of anilines is 2. The van der Waals surface area contributed by atoms with E-state index in [1.165, 1.54) is 14.0 Å². The Morgan fingerprint density at radius 3 is 1.48 bits per heavy atom. The fourth-order valence-corrected chi connectivity index (χ4v) is 12.3. The van der Waals surface area contributed by atoms with Gasteiger partial charge >= 0.3 is 17.9 Å². The number of carbonyl (C=O) groups excluding carboxylic acids is 3. The van der Waals surface area contributed by atoms with E-state index in [2.05, 4.69) is 16.0 Å². The molecule has 2 amide bonds. The molecular weight excluding hydrogens is 1100 g/mol. The van der Waals surface area contributed by atoms with E-state index in [1.807, 2.05) is 140 Å². The summed E-state index contributed by atoms with van der Waals surface area (Å²) in [5.41, 5.74) is 11.4. The van der Waals surface area contributed by atoms with Crippen molar-refractivity contribution in [3.05, 3.63) is 167 Å². The second kappa shape index (κ2) is 33.4. The van der Waals surface area contributed by atoms with Crippen LogP contribution in [0, 0.1) is 10.8 Å². The van der Waals surface area contributed by atoms with Gasteiger partial charge in [0.1, 0.15) is 30.3 Å². The maximum atomic E-state index is 14.1. The number of carboxylic acids is 2. The number of thiocarbonyl (C=S) groups is 2. The molecule has 1 saturated heterocycles. The van der Waals surface area contributed by atoms with Crippen LogP contribution >= 0.6 is 24.4 Å². The molecule has 2 saturated carbocycles. The number of carbonyl (C=O) groups is 5. The minimum atomic E-state index is -0.971. The van der Waals surface area contributed by atoms with Crippen molar-refractivity contribution < 1.29 is 48.4 Å². The number of rotatable bonds is 24. The van der Waals surface area contributed by atoms with Crippen LogP contribution in [0.25, 0.3) is 0 Å². The van der Waals surface area contributed by atoms with E-state index in [0.717, 1.165) is 97.0 Å². The number of aliphatic carboxylic acids is 2. The highest BCUT2D eigenvalue weighted by atomic mass is 32.1. The fourth-order valence-electron chi connectivity index (χ4n) is 11.4. The summed E-state index contributed by atoms with van der Waals surface area (Å²) in [6.07, 6.45) is 11.1. The Labute approximate surface area is 507 Å². The third-order valence-electron chi connectivity index (χ3n) is 16.2. The number of nitrogen functional groups attached to an aromatic ring is 1. The summed E-state index contributed by atoms with van der Waals surface area (Å²) in [7, 11) is 6.43. The van der Waals surface area contributed by atoms with Gasteiger partial charge in [-0.3, -0.25) is 19.3 Å². The van der Waals surface area contributed by atoms with E-state index >= 15 is 0 Å². The monoisotopic (exact) mass is 1190 g/mol. The van der Waals surface area contributed by atoms with Gasteiger partial charge in [0.05, 0.1) is 17.1 Å². The number of hydrogen-bond donors (Lipinski definition) is 6. The number of likely N-dealkylation sites (N-methyl/N-ethyl adjacent to an activating group) is 1. The van der Waals surface area contributed by atoms with Crippen LogP contribution < -0.4 is 26.6 Å². The number of nitrogens with one attached hydrogen (secondary N) is 3. The molecule has 8 rings (SSSR count). The molecule has 18 heteroatoms. The van der Waals surface area contributed by atoms with Crippen molar-refractivity contribution in [3.8, 4) is 0 Å². The maximum absolute atomic E-state index is 14.1. The number of carboxylic acid groups (broad SMARTS) is 2. The zero-order chi connectivity index (χ0) is 59.9. The maximum Gasteiger partial charge on any atom is 0.328 e. The smallest absolute Gasteiger partial charge is 0.328 e. The van der Waals surface area contributed by atoms with E-state index in [9.17, 15) is 29.1 Å². The average molecular weight is 1190 g/mol. The van der Waals surface area contributed by atoms with Crippen molar-refractivity contribution in [2.45, 2.75) is 135 Å². The lowest BCUT2D eigenvalue weighted by Gasteiger charge is -2.32. The molecule has 0 radical (unpaired) electrons. The number of amides is 2. The molecule has 0 bridgehead atoms. The highest BCUT2D eigenvalue weighted by molar-refractivity contribution is 7.80. The van der Waals surface area contributed by atoms with E-state index in [4.69, 9.17) is 49.5 Å². The molecule has 5 unspecified atom stereocenters. The first-order valence-electron chi connectivity index (χ1n) is 28.5. The molecule has 2 aliphatic carbocycles. The van der Waals surface area contributed by atoms with Crippen LogP contribution in [0.5, 0.6) is 0 Å². The summed E-state index contributed by atoms with van der Waals surface area (Å²) in [6.45, 7) is 2.75. The van der Waals surface area contributed by atoms with Crippen molar-refractivity contribution in [2.75, 3.05) is 52.2 Å². The zero-order valence-corrected chi connectivity index (χ0v) is 50.1. The van der Waals surface area contributed by atoms with Crippen LogP contribution in [0.15, 0.2) is 140 Å². The SMILES string of the molecule is C.CNC(Cc1ccccc1)C(=O)O.COCCC1(C(=S)NC(Cc2ccc(N)cc2)C(=O)OC)CCCC1.COCCC1(C(=S)NC(Cc2ccc(N3C(=O)C(Cc4ccccc4)N(C(C)=O)C3c3ccccc3)cc2)C(=O)O)CCCC1. The van der Waals surface area contributed by atoms with Gasteiger partial charge in [0, 0.05) is 75.8 Å². The van der Waals surface area contributed by atoms with Gasteiger partial charge in [0.2, 0.25) is 5.91 Å². The topological polar surface area (TPSA) is 222 Å². The molecule has 3 aliphatic rings. The van der Waals surface area contributed by atoms with Gasteiger partial charge in [-0.15, -0.1) is 0 Å². The minimum Gasteiger partial charge on any atom is -0.480 e. The standard InChI is InChI=1S/C36H41N3O5S.C19H28N2O3S.C10H13NO2.CH4/c1-25(40)38-31(24-26-11-5-3-6-12-26)33(41)39(32(38)28-13-7-4-8-14-28)29-17-15-27(16-18-29)23-30(34(42)43)37-35(45)36(21-22-44-2)19-9-10-20-36;1-23-12-11-19(9-3-4-10-19)18(25)21-16(17(22)24-2)13-14-5-7-15(20)8-6-14;1-11-9(10(12)13)7-8-5-3-2-4-6-8;/h3-8,11-18,30-32H,9-10,19-24H2,1-2H3,(H,37,45)(H,42,43);5-8,16H,3-4,9-13,20H2,1-2H3,(H,21,25);2-6,9,11H,7H2,1H3,(H,12,13);1H4. The van der Waals surface area contributed by atoms with Crippen LogP contribution in [-0.4, -0.2) is 121 Å². The Morgan fingerprint density at radius 1 is 0.619 bits per heavy atom. The molecule has 84 heavy (non-hydrogen) atoms. The molecule has 0 aromatic heterocycles. The largest absolute Gasteiger partial charge is 0.480 e. The molecule has 5 aromatic carbocycles. The average Bonchev–Trinajstić information content (AvgIpc) is 2.18. The molecule has 1 heterocycles. The predicted octanol–water partition coefficient (Wildman–Crippen LogP) is 10.1. The van der Waals surface area contributed by atoms with Gasteiger partial charge in [0.25, 0.3) is 5.91 Å². The number of nitrogens with zero attached hydrogens (tertiary/aromatic N) is 2. The van der Waals surface area contributed by atoms with Crippen LogP contribution in [-0.2, 0) is 63.9 Å². The van der Waals surface area contributed by atoms with Gasteiger partial charge in [-0.1, -0.05) is 173 Å². The highest BCUT2D eigenvalue weighted by Crippen LogP contribution is 2.44. The van der Waals surface area contributed by atoms with Crippen LogP contribution in [0.2, 0.25) is 0 Å². The summed E-state index contributed by atoms with van der Waals surface area (Å²) in [4.78, 5) is 67.2. The predicted molar refractivity (Wildman–Crippen MR) is 339 cm³/mol. The Bertz CT molecular complexity index is 2890. The first kappa shape index (κ1) is 67.7. The van der Waals surface area contributed by atoms with Crippen molar-refractivity contribution in [1.29, 1.82) is 0 Å². The van der Waals surface area contributed by atoms with Crippen LogP contribution in [0.3, 0.4) is 0 Å². The number of nitrogens with two attached hydrogens (primary N) is 1. The van der Waals surface area contributed by atoms with Crippen molar-refractivity contribution in [1.82, 2.24) is 20.9 Å². The number of hydrogen-bond acceptors (Lipinski definition) is 12. The fraction of sp³-hybridized carbons (Fsp3) is 0.439. The molecule has 452 valence electrons. The molecular formula is C66H86N6O10S2. The molecule has 3 fully saturated rings. The van der Waals surface area contributed by atoms with Crippen molar-refractivity contribution in [3.63, 3.8) is 0 Å². The summed E-state index contributed by atoms with van der Waals surface area (Å²) < 4.78 is 15.6. The van der Waals surface area contributed by atoms with Gasteiger partial charge in [-0.25, -0.2) is 9.59 Å². The Hall–Kier alpha value is -7.09. The summed E-state index contributed by atoms with van der Waals surface area (Å²) >= 11 is 11.5. The molecule has 5 aromatic rings. The Balaban J connectivity index is 0.000000276. The second-order valence-corrected chi connectivity index (χ2v) is 22.5. The zero-order valence-electron chi connectivity index (χ0n) is 48.4. The first-order valence-corrected chi connectivity index (χ1v) is 29.3. The lowest BCUT2D eigenvalue weighted by atomic mass is 9.82. The third-order valence-corrected chi connectivity index (χ3v) is 17.3. The lowest BCUT2D eigenvalue weighted by molar-refractivity contribution is -0.143. The molecule has 0 spiro atoms. The summed E-state index contributed by atoms with van der Waals surface area (Å²) in [5.74, 6) is -2.44. The van der Waals surface area contributed by atoms with Gasteiger partial charge < -0.3 is 51.0 Å². The van der Waals surface area contributed by atoms with Gasteiger partial charge in [0.15, 0.2) is 0 Å². The molecule has 5 atom stereocenters. The van der Waals surface area contributed by atoms with E-state index in [-0.39, 0.29) is 42.5 Å². The third kappa shape index (κ3) is 18.5. The normalized spacial score (nSPS) is 17.6. The van der Waals surface area contributed by atoms with Crippen molar-refractivity contribution in [2.24, 2.45) is 10.8 Å². The summed E-state index contributed by atoms with van der Waals surface area (Å²) in [5, 5.41) is 28.1. The highest BCUT2D eigenvalue weighted by Gasteiger charge is 2.49. The second-order valence-electron chi connectivity index (χ2n) is 21.7. The molecule has 1 aliphatic heterocycles. The molecule has 7 N–H and O–H groups in total. The van der Waals surface area contributed by atoms with E-state index in [0.29, 0.717) is 48.8 Å². The first-order chi connectivity index (χ1) is 40.0. The quantitative estimate of drug-likeness (QED) is 0.0192. The van der Waals surface area contributed by atoms with E-state index in [1.54, 1.807) is 31.1 Å². The molecule has 16 nitrogen and oxygen atoms in total. The Morgan fingerprint density at radius 2 is 1.04 bits per heavy atom. The number of esters is 1. The lowest BCUT2D eigenvalue weighted by Crippen LogP contribution is -2.48. The Kier molecular flexibility index (Phi) is 26.9. The number of methoxy groups -OCH3 is 3. The minimum absolute atomic E-state index is 0. The number of ether oxygens (including phenoxy) is 3. The van der Waals surface area contributed by atoms with Crippen LogP contribution in [0.1, 0.15) is 113 Å². The van der Waals surface area contributed by atoms with Crippen LogP contribution in [0.4, 0.5) is 11.4 Å². The summed E-state index contributed by atoms with van der Waals surface area (Å²) in [6, 6.07) is 41.2. The van der Waals surface area contributed by atoms with Gasteiger partial charge in [-0.05, 0) is 104 Å². The van der Waals surface area contributed by atoms with E-state index < -0.39 is 42.3 Å². The number of benzene rings is 5. The van der Waals surface area contributed by atoms with Gasteiger partial charge in [-0.2, -0.15) is 0 Å².